The third-order valence-electron chi connectivity index (χ3n) is 6.16. The predicted molar refractivity (Wildman–Crippen MR) is 111 cm³/mol. The fourth-order valence-corrected chi connectivity index (χ4v) is 4.70. The van der Waals surface area contributed by atoms with Crippen LogP contribution in [0, 0.1) is 0 Å². The minimum absolute atomic E-state index is 0.0419. The molecule has 2 aliphatic heterocycles. The van der Waals surface area contributed by atoms with Crippen molar-refractivity contribution >= 4 is 28.4 Å². The Morgan fingerprint density at radius 3 is 2.68 bits per heavy atom. The van der Waals surface area contributed by atoms with Crippen LogP contribution in [0.5, 0.6) is 0 Å². The molecule has 2 fully saturated rings. The number of halogens is 1. The van der Waals surface area contributed by atoms with Crippen LogP contribution in [0.2, 0.25) is 5.02 Å². The minimum Gasteiger partial charge on any atom is -0.341 e. The molecule has 3 N–H and O–H groups in total. The van der Waals surface area contributed by atoms with Gasteiger partial charge in [0.15, 0.2) is 0 Å². The molecule has 1 unspecified atom stereocenters. The van der Waals surface area contributed by atoms with Crippen molar-refractivity contribution in [1.82, 2.24) is 24.9 Å². The highest BCUT2D eigenvalue weighted by molar-refractivity contribution is 6.35. The van der Waals surface area contributed by atoms with E-state index in [9.17, 15) is 4.79 Å². The van der Waals surface area contributed by atoms with Crippen molar-refractivity contribution in [2.75, 3.05) is 46.3 Å². The Morgan fingerprint density at radius 2 is 1.96 bits per heavy atom. The molecule has 4 rings (SSSR count). The third-order valence-corrected chi connectivity index (χ3v) is 6.46. The Morgan fingerprint density at radius 1 is 1.25 bits per heavy atom. The SMILES string of the molecule is CN1CCN(C2CCN(C(=O)C(N)Cc3cc(Cl)c4[nH]ncc4c3)CC2)CC1. The van der Waals surface area contributed by atoms with Crippen LogP contribution in [0.3, 0.4) is 0 Å². The van der Waals surface area contributed by atoms with Gasteiger partial charge in [0.2, 0.25) is 5.91 Å². The van der Waals surface area contributed by atoms with E-state index in [1.54, 1.807) is 6.20 Å². The highest BCUT2D eigenvalue weighted by atomic mass is 35.5. The number of likely N-dealkylation sites (tertiary alicyclic amines) is 1. The molecule has 2 saturated heterocycles. The first-order chi connectivity index (χ1) is 13.5. The molecule has 0 aliphatic carbocycles. The van der Waals surface area contributed by atoms with E-state index in [1.165, 1.54) is 0 Å². The summed E-state index contributed by atoms with van der Waals surface area (Å²) in [6.07, 6.45) is 4.29. The molecule has 2 aliphatic rings. The number of rotatable bonds is 4. The number of piperidine rings is 1. The first-order valence-corrected chi connectivity index (χ1v) is 10.5. The highest BCUT2D eigenvalue weighted by Gasteiger charge is 2.30. The second-order valence-corrected chi connectivity index (χ2v) is 8.53. The van der Waals surface area contributed by atoms with Crippen LogP contribution in [0.1, 0.15) is 18.4 Å². The number of fused-ring (bicyclic) bond motifs is 1. The summed E-state index contributed by atoms with van der Waals surface area (Å²) in [5.41, 5.74) is 8.05. The van der Waals surface area contributed by atoms with E-state index in [1.807, 2.05) is 17.0 Å². The predicted octanol–water partition coefficient (Wildman–Crippen LogP) is 1.32. The molecule has 1 aromatic heterocycles. The van der Waals surface area contributed by atoms with Crippen molar-refractivity contribution < 1.29 is 4.79 Å². The van der Waals surface area contributed by atoms with Gasteiger partial charge in [-0.05, 0) is 44.0 Å². The summed E-state index contributed by atoms with van der Waals surface area (Å²) in [5.74, 6) is 0.0419. The molecule has 28 heavy (non-hydrogen) atoms. The molecular formula is C20H29ClN6O. The number of amides is 1. The van der Waals surface area contributed by atoms with E-state index in [-0.39, 0.29) is 5.91 Å². The van der Waals surface area contributed by atoms with E-state index < -0.39 is 6.04 Å². The van der Waals surface area contributed by atoms with Crippen LogP contribution >= 0.6 is 11.6 Å². The molecule has 0 spiro atoms. The van der Waals surface area contributed by atoms with Crippen molar-refractivity contribution in [3.05, 3.63) is 28.9 Å². The summed E-state index contributed by atoms with van der Waals surface area (Å²) < 4.78 is 0. The number of nitrogens with two attached hydrogens (primary N) is 1. The van der Waals surface area contributed by atoms with Crippen molar-refractivity contribution in [3.8, 4) is 0 Å². The lowest BCUT2D eigenvalue weighted by Crippen LogP contribution is -2.54. The van der Waals surface area contributed by atoms with Gasteiger partial charge in [-0.3, -0.25) is 14.8 Å². The number of H-pyrrole nitrogens is 1. The summed E-state index contributed by atoms with van der Waals surface area (Å²) in [7, 11) is 2.18. The molecule has 1 aromatic carbocycles. The first-order valence-electron chi connectivity index (χ1n) is 10.1. The number of hydrogen-bond acceptors (Lipinski definition) is 5. The van der Waals surface area contributed by atoms with Gasteiger partial charge in [0.05, 0.1) is 22.8 Å². The molecule has 1 atom stereocenters. The van der Waals surface area contributed by atoms with Crippen LogP contribution in [0.25, 0.3) is 10.9 Å². The molecule has 0 radical (unpaired) electrons. The summed E-state index contributed by atoms with van der Waals surface area (Å²) in [6, 6.07) is 3.92. The number of aromatic amines is 1. The monoisotopic (exact) mass is 404 g/mol. The highest BCUT2D eigenvalue weighted by Crippen LogP contribution is 2.24. The number of carbonyl (C=O) groups is 1. The molecule has 1 amide bonds. The second-order valence-electron chi connectivity index (χ2n) is 8.12. The van der Waals surface area contributed by atoms with Gasteiger partial charge in [0.1, 0.15) is 0 Å². The number of hydrogen-bond donors (Lipinski definition) is 2. The van der Waals surface area contributed by atoms with Gasteiger partial charge in [0, 0.05) is 50.7 Å². The minimum atomic E-state index is -0.541. The smallest absolute Gasteiger partial charge is 0.239 e. The fraction of sp³-hybridized carbons (Fsp3) is 0.600. The summed E-state index contributed by atoms with van der Waals surface area (Å²) in [4.78, 5) is 19.8. The number of nitrogens with zero attached hydrogens (tertiary/aromatic N) is 4. The standard InChI is InChI=1S/C20H29ClN6O/c1-25-6-8-26(9-7-25)16-2-4-27(5-3-16)20(28)18(22)12-14-10-15-13-23-24-19(15)17(21)11-14/h10-11,13,16,18H,2-9,12,22H2,1H3,(H,23,24). The Labute approximate surface area is 170 Å². The van der Waals surface area contributed by atoms with Gasteiger partial charge in [-0.25, -0.2) is 0 Å². The van der Waals surface area contributed by atoms with E-state index in [0.717, 1.165) is 68.6 Å². The molecule has 8 heteroatoms. The number of piperazine rings is 1. The molecular weight excluding hydrogens is 376 g/mol. The van der Waals surface area contributed by atoms with Gasteiger partial charge >= 0.3 is 0 Å². The Balaban J connectivity index is 1.31. The molecule has 0 saturated carbocycles. The molecule has 152 valence electrons. The second kappa shape index (κ2) is 8.37. The van der Waals surface area contributed by atoms with E-state index in [2.05, 4.69) is 27.0 Å². The normalized spacial score (nSPS) is 21.3. The van der Waals surface area contributed by atoms with Crippen LogP contribution in [-0.2, 0) is 11.2 Å². The van der Waals surface area contributed by atoms with E-state index in [4.69, 9.17) is 17.3 Å². The van der Waals surface area contributed by atoms with Gasteiger partial charge < -0.3 is 15.5 Å². The molecule has 7 nitrogen and oxygen atoms in total. The number of aromatic nitrogens is 2. The fourth-order valence-electron chi connectivity index (χ4n) is 4.40. The van der Waals surface area contributed by atoms with E-state index in [0.29, 0.717) is 17.5 Å². The van der Waals surface area contributed by atoms with E-state index >= 15 is 0 Å². The number of carbonyl (C=O) groups excluding carboxylic acids is 1. The maximum atomic E-state index is 12.9. The van der Waals surface area contributed by atoms with Crippen LogP contribution < -0.4 is 5.73 Å². The topological polar surface area (TPSA) is 81.5 Å². The maximum absolute atomic E-state index is 12.9. The van der Waals surface area contributed by atoms with Crippen molar-refractivity contribution in [2.45, 2.75) is 31.3 Å². The van der Waals surface area contributed by atoms with Gasteiger partial charge in [-0.1, -0.05) is 11.6 Å². The zero-order valence-corrected chi connectivity index (χ0v) is 17.2. The number of benzene rings is 1. The van der Waals surface area contributed by atoms with Crippen molar-refractivity contribution in [1.29, 1.82) is 0 Å². The molecule has 3 heterocycles. The van der Waals surface area contributed by atoms with Gasteiger partial charge in [0.25, 0.3) is 0 Å². The zero-order valence-electron chi connectivity index (χ0n) is 16.4. The Hall–Kier alpha value is -1.67. The van der Waals surface area contributed by atoms with Crippen molar-refractivity contribution in [2.24, 2.45) is 5.73 Å². The number of likely N-dealkylation sites (N-methyl/N-ethyl adjacent to an activating group) is 1. The molecule has 2 aromatic rings. The Bertz CT molecular complexity index is 823. The number of nitrogens with one attached hydrogen (secondary N) is 1. The maximum Gasteiger partial charge on any atom is 0.239 e. The van der Waals surface area contributed by atoms with Crippen LogP contribution in [0.4, 0.5) is 0 Å². The van der Waals surface area contributed by atoms with Crippen molar-refractivity contribution in [3.63, 3.8) is 0 Å². The summed E-state index contributed by atoms with van der Waals surface area (Å²) in [6.45, 7) is 6.12. The average molecular weight is 405 g/mol. The van der Waals surface area contributed by atoms with Crippen LogP contribution in [-0.4, -0.2) is 89.2 Å². The largest absolute Gasteiger partial charge is 0.341 e. The van der Waals surface area contributed by atoms with Gasteiger partial charge in [-0.15, -0.1) is 0 Å². The third kappa shape index (κ3) is 4.17. The lowest BCUT2D eigenvalue weighted by Gasteiger charge is -2.42. The lowest BCUT2D eigenvalue weighted by atomic mass is 9.99. The zero-order chi connectivity index (χ0) is 19.7. The average Bonchev–Trinajstić information content (AvgIpc) is 3.17. The Kier molecular flexibility index (Phi) is 5.87. The lowest BCUT2D eigenvalue weighted by molar-refractivity contribution is -0.134. The summed E-state index contributed by atoms with van der Waals surface area (Å²) in [5, 5.41) is 8.45. The van der Waals surface area contributed by atoms with Crippen LogP contribution in [0.15, 0.2) is 18.3 Å². The van der Waals surface area contributed by atoms with Gasteiger partial charge in [-0.2, -0.15) is 5.10 Å². The first kappa shape index (κ1) is 19.6. The summed E-state index contributed by atoms with van der Waals surface area (Å²) >= 11 is 6.30. The quantitative estimate of drug-likeness (QED) is 0.803. The molecule has 0 bridgehead atoms.